The lowest BCUT2D eigenvalue weighted by molar-refractivity contribution is -0.127. The van der Waals surface area contributed by atoms with Gasteiger partial charge in [0.25, 0.3) is 0 Å². The Morgan fingerprint density at radius 3 is 2.32 bits per heavy atom. The molecule has 0 fully saturated rings. The number of hydrogen-bond donors (Lipinski definition) is 0. The van der Waals surface area contributed by atoms with Crippen LogP contribution in [0.3, 0.4) is 0 Å². The Kier molecular flexibility index (Phi) is 6.33. The van der Waals surface area contributed by atoms with E-state index in [4.69, 9.17) is 5.26 Å². The van der Waals surface area contributed by atoms with Crippen LogP contribution in [0.5, 0.6) is 0 Å². The molecule has 28 heavy (non-hydrogen) atoms. The molecule has 0 aliphatic rings. The molecule has 138 valence electrons. The summed E-state index contributed by atoms with van der Waals surface area (Å²) in [4.78, 5) is 14.5. The Hall–Kier alpha value is -3.71. The molecule has 0 spiro atoms. The van der Waals surface area contributed by atoms with E-state index in [0.29, 0.717) is 12.1 Å². The van der Waals surface area contributed by atoms with E-state index in [1.807, 2.05) is 42.5 Å². The van der Waals surface area contributed by atoms with Crippen LogP contribution in [0, 0.1) is 17.1 Å². The van der Waals surface area contributed by atoms with Crippen molar-refractivity contribution in [2.75, 3.05) is 0 Å². The summed E-state index contributed by atoms with van der Waals surface area (Å²) >= 11 is 0. The number of amides is 1. The van der Waals surface area contributed by atoms with Gasteiger partial charge in [-0.05, 0) is 47.0 Å². The predicted molar refractivity (Wildman–Crippen MR) is 107 cm³/mol. The lowest BCUT2D eigenvalue weighted by atomic mass is 10.1. The summed E-state index contributed by atoms with van der Waals surface area (Å²) in [6, 6.07) is 25.0. The number of carbonyl (C=O) groups excluding carboxylic acids is 1. The average Bonchev–Trinajstić information content (AvgIpc) is 2.73. The minimum Gasteiger partial charge on any atom is -0.331 e. The molecule has 3 nitrogen and oxygen atoms in total. The van der Waals surface area contributed by atoms with Gasteiger partial charge in [0.2, 0.25) is 5.91 Å². The monoisotopic (exact) mass is 370 g/mol. The van der Waals surface area contributed by atoms with Gasteiger partial charge >= 0.3 is 0 Å². The molecule has 0 heterocycles. The normalized spacial score (nSPS) is 10.6. The molecule has 3 rings (SSSR count). The van der Waals surface area contributed by atoms with Crippen molar-refractivity contribution in [3.8, 4) is 6.07 Å². The third-order valence-electron chi connectivity index (χ3n) is 4.25. The maximum absolute atomic E-state index is 13.6. The summed E-state index contributed by atoms with van der Waals surface area (Å²) < 4.78 is 13.6. The summed E-state index contributed by atoms with van der Waals surface area (Å²) in [7, 11) is 0. The van der Waals surface area contributed by atoms with Crippen molar-refractivity contribution in [3.63, 3.8) is 0 Å². The molecular weight excluding hydrogens is 351 g/mol. The topological polar surface area (TPSA) is 44.1 Å². The molecule has 0 aliphatic heterocycles. The van der Waals surface area contributed by atoms with Crippen LogP contribution in [0.15, 0.2) is 84.9 Å². The van der Waals surface area contributed by atoms with E-state index in [0.717, 1.165) is 16.7 Å². The molecule has 0 N–H and O–H groups in total. The lowest BCUT2D eigenvalue weighted by Crippen LogP contribution is -2.28. The van der Waals surface area contributed by atoms with Gasteiger partial charge in [0.1, 0.15) is 5.82 Å². The molecule has 0 atom stereocenters. The van der Waals surface area contributed by atoms with Crippen LogP contribution in [0.25, 0.3) is 6.08 Å². The van der Waals surface area contributed by atoms with Crippen molar-refractivity contribution < 1.29 is 9.18 Å². The second-order valence-electron chi connectivity index (χ2n) is 6.38. The number of halogens is 1. The van der Waals surface area contributed by atoms with Crippen molar-refractivity contribution in [1.29, 1.82) is 5.26 Å². The number of carbonyl (C=O) groups is 1. The van der Waals surface area contributed by atoms with Crippen LogP contribution in [-0.4, -0.2) is 10.8 Å². The van der Waals surface area contributed by atoms with Crippen LogP contribution < -0.4 is 0 Å². The SMILES string of the molecule is N#Cc1ccc(CN(Cc2cccc(F)c2)C(=O)/C=C/c2ccccc2)cc1. The second kappa shape index (κ2) is 9.29. The molecule has 0 saturated heterocycles. The lowest BCUT2D eigenvalue weighted by Gasteiger charge is -2.22. The van der Waals surface area contributed by atoms with Crippen molar-refractivity contribution in [2.45, 2.75) is 13.1 Å². The minimum atomic E-state index is -0.330. The van der Waals surface area contributed by atoms with Gasteiger partial charge in [0, 0.05) is 19.2 Å². The molecular formula is C24H19FN2O. The largest absolute Gasteiger partial charge is 0.331 e. The van der Waals surface area contributed by atoms with Gasteiger partial charge in [0.05, 0.1) is 11.6 Å². The highest BCUT2D eigenvalue weighted by molar-refractivity contribution is 5.91. The fourth-order valence-corrected chi connectivity index (χ4v) is 2.81. The van der Waals surface area contributed by atoms with Crippen molar-refractivity contribution in [1.82, 2.24) is 4.90 Å². The molecule has 0 bridgehead atoms. The van der Waals surface area contributed by atoms with E-state index in [1.165, 1.54) is 18.2 Å². The van der Waals surface area contributed by atoms with Crippen LogP contribution in [0.4, 0.5) is 4.39 Å². The molecule has 0 aromatic heterocycles. The van der Waals surface area contributed by atoms with Crippen molar-refractivity contribution in [3.05, 3.63) is 113 Å². The van der Waals surface area contributed by atoms with E-state index in [9.17, 15) is 9.18 Å². The first-order valence-electron chi connectivity index (χ1n) is 8.89. The molecule has 0 saturated carbocycles. The third kappa shape index (κ3) is 5.39. The fraction of sp³-hybridized carbons (Fsp3) is 0.0833. The zero-order valence-electron chi connectivity index (χ0n) is 15.3. The summed E-state index contributed by atoms with van der Waals surface area (Å²) in [5.74, 6) is -0.499. The molecule has 1 amide bonds. The third-order valence-corrected chi connectivity index (χ3v) is 4.25. The molecule has 0 radical (unpaired) electrons. The van der Waals surface area contributed by atoms with Crippen LogP contribution in [-0.2, 0) is 17.9 Å². The molecule has 3 aromatic rings. The standard InChI is InChI=1S/C24H19FN2O/c25-23-8-4-7-22(15-23)18-27(17-21-11-9-20(16-26)10-12-21)24(28)14-13-19-5-2-1-3-6-19/h1-15H,17-18H2/b14-13+. The average molecular weight is 370 g/mol. The first-order valence-corrected chi connectivity index (χ1v) is 8.89. The number of rotatable bonds is 6. The number of nitrogens with zero attached hydrogens (tertiary/aromatic N) is 2. The molecule has 0 unspecified atom stereocenters. The van der Waals surface area contributed by atoms with E-state index in [2.05, 4.69) is 6.07 Å². The summed E-state index contributed by atoms with van der Waals surface area (Å²) in [6.45, 7) is 0.649. The first kappa shape index (κ1) is 19.1. The quantitative estimate of drug-likeness (QED) is 0.577. The van der Waals surface area contributed by atoms with E-state index >= 15 is 0 Å². The first-order chi connectivity index (χ1) is 13.6. The zero-order valence-corrected chi connectivity index (χ0v) is 15.3. The summed E-state index contributed by atoms with van der Waals surface area (Å²) in [5.41, 5.74) is 3.11. The Labute approximate surface area is 164 Å². The van der Waals surface area contributed by atoms with E-state index < -0.39 is 0 Å². The van der Waals surface area contributed by atoms with Gasteiger partial charge in [-0.15, -0.1) is 0 Å². The highest BCUT2D eigenvalue weighted by Gasteiger charge is 2.13. The Morgan fingerprint density at radius 1 is 0.929 bits per heavy atom. The predicted octanol–water partition coefficient (Wildman–Crippen LogP) is 4.94. The van der Waals surface area contributed by atoms with Gasteiger partial charge in [-0.25, -0.2) is 4.39 Å². The highest BCUT2D eigenvalue weighted by Crippen LogP contribution is 2.14. The van der Waals surface area contributed by atoms with Gasteiger partial charge in [0.15, 0.2) is 0 Å². The van der Waals surface area contributed by atoms with Crippen molar-refractivity contribution >= 4 is 12.0 Å². The van der Waals surface area contributed by atoms with Crippen LogP contribution >= 0.6 is 0 Å². The van der Waals surface area contributed by atoms with Gasteiger partial charge in [-0.3, -0.25) is 4.79 Å². The second-order valence-corrected chi connectivity index (χ2v) is 6.38. The molecule has 0 aliphatic carbocycles. The maximum atomic E-state index is 13.6. The molecule has 3 aromatic carbocycles. The number of nitriles is 1. The smallest absolute Gasteiger partial charge is 0.247 e. The molecule has 4 heteroatoms. The Bertz CT molecular complexity index is 1000. The van der Waals surface area contributed by atoms with E-state index in [-0.39, 0.29) is 18.3 Å². The van der Waals surface area contributed by atoms with Gasteiger partial charge < -0.3 is 4.90 Å². The van der Waals surface area contributed by atoms with Gasteiger partial charge in [-0.1, -0.05) is 54.6 Å². The van der Waals surface area contributed by atoms with E-state index in [1.54, 1.807) is 35.2 Å². The highest BCUT2D eigenvalue weighted by atomic mass is 19.1. The maximum Gasteiger partial charge on any atom is 0.247 e. The van der Waals surface area contributed by atoms with Gasteiger partial charge in [-0.2, -0.15) is 5.26 Å². The van der Waals surface area contributed by atoms with Crippen LogP contribution in [0.1, 0.15) is 22.3 Å². The summed E-state index contributed by atoms with van der Waals surface area (Å²) in [5, 5.41) is 8.94. The number of benzene rings is 3. The zero-order chi connectivity index (χ0) is 19.8. The number of hydrogen-bond acceptors (Lipinski definition) is 2. The summed E-state index contributed by atoms with van der Waals surface area (Å²) in [6.07, 6.45) is 3.29. The Morgan fingerprint density at radius 2 is 1.64 bits per heavy atom. The minimum absolute atomic E-state index is 0.169. The fourth-order valence-electron chi connectivity index (χ4n) is 2.81. The van der Waals surface area contributed by atoms with Crippen molar-refractivity contribution in [2.24, 2.45) is 0 Å². The van der Waals surface area contributed by atoms with Crippen LogP contribution in [0.2, 0.25) is 0 Å². The Balaban J connectivity index is 1.81.